The number of hydrogen-bond acceptors (Lipinski definition) is 4. The lowest BCUT2D eigenvalue weighted by Crippen LogP contribution is -2.44. The quantitative estimate of drug-likeness (QED) is 0.580. The highest BCUT2D eigenvalue weighted by Crippen LogP contribution is 2.51. The van der Waals surface area contributed by atoms with E-state index in [1.165, 1.54) is 0 Å². The molecule has 0 saturated carbocycles. The standard InChI is InChI=1S/C24H21NO3/c1-24-14-19(28-22(21(24)15-25)18-10-6-3-7-11-18)12-13-20(24)23(26)27-16-17-8-4-2-5-9-17/h2-13,19-20H,14,16H2,1H3. The first-order valence-corrected chi connectivity index (χ1v) is 9.37. The summed E-state index contributed by atoms with van der Waals surface area (Å²) in [5, 5.41) is 9.94. The smallest absolute Gasteiger partial charge is 0.314 e. The van der Waals surface area contributed by atoms with Crippen molar-refractivity contribution < 1.29 is 14.3 Å². The zero-order chi connectivity index (χ0) is 19.6. The van der Waals surface area contributed by atoms with Crippen LogP contribution in [0.1, 0.15) is 24.5 Å². The first-order valence-electron chi connectivity index (χ1n) is 9.37. The monoisotopic (exact) mass is 371 g/mol. The van der Waals surface area contributed by atoms with Crippen LogP contribution in [-0.2, 0) is 20.9 Å². The topological polar surface area (TPSA) is 59.3 Å². The summed E-state index contributed by atoms with van der Waals surface area (Å²) in [6.07, 6.45) is 4.16. The summed E-state index contributed by atoms with van der Waals surface area (Å²) < 4.78 is 11.7. The van der Waals surface area contributed by atoms with Crippen LogP contribution in [0, 0.1) is 22.7 Å². The summed E-state index contributed by atoms with van der Waals surface area (Å²) in [5.41, 5.74) is 1.63. The number of carbonyl (C=O) groups is 1. The van der Waals surface area contributed by atoms with E-state index in [-0.39, 0.29) is 18.7 Å². The van der Waals surface area contributed by atoms with E-state index in [1.54, 1.807) is 0 Å². The van der Waals surface area contributed by atoms with Crippen molar-refractivity contribution in [2.24, 2.45) is 11.3 Å². The van der Waals surface area contributed by atoms with E-state index in [0.717, 1.165) is 11.1 Å². The molecule has 2 bridgehead atoms. The number of carbonyl (C=O) groups excluding carboxylic acids is 1. The average molecular weight is 371 g/mol. The number of allylic oxidation sites excluding steroid dienone is 1. The minimum Gasteiger partial charge on any atom is -0.485 e. The number of rotatable bonds is 4. The lowest BCUT2D eigenvalue weighted by Gasteiger charge is -2.44. The van der Waals surface area contributed by atoms with E-state index in [1.807, 2.05) is 79.7 Å². The van der Waals surface area contributed by atoms with Crippen molar-refractivity contribution in [3.05, 3.63) is 89.5 Å². The Kier molecular flexibility index (Phi) is 4.75. The number of benzene rings is 2. The van der Waals surface area contributed by atoms with Gasteiger partial charge in [0, 0.05) is 11.0 Å². The Balaban J connectivity index is 1.65. The largest absolute Gasteiger partial charge is 0.485 e. The summed E-state index contributed by atoms with van der Waals surface area (Å²) in [7, 11) is 0. The van der Waals surface area contributed by atoms with E-state index >= 15 is 0 Å². The van der Waals surface area contributed by atoms with Crippen molar-refractivity contribution in [3.8, 4) is 6.07 Å². The number of nitrogens with zero attached hydrogens (tertiary/aromatic N) is 1. The maximum absolute atomic E-state index is 12.9. The van der Waals surface area contributed by atoms with Gasteiger partial charge in [-0.15, -0.1) is 0 Å². The molecule has 2 aromatic rings. The highest BCUT2D eigenvalue weighted by atomic mass is 16.5. The summed E-state index contributed by atoms with van der Waals surface area (Å²) >= 11 is 0. The van der Waals surface area contributed by atoms with Crippen LogP contribution < -0.4 is 0 Å². The Hall–Kier alpha value is -3.32. The van der Waals surface area contributed by atoms with Crippen LogP contribution in [0.3, 0.4) is 0 Å². The van der Waals surface area contributed by atoms with E-state index in [0.29, 0.717) is 17.8 Å². The molecule has 3 atom stereocenters. The summed E-state index contributed by atoms with van der Waals surface area (Å²) in [6, 6.07) is 21.5. The second-order valence-corrected chi connectivity index (χ2v) is 7.42. The molecule has 1 aliphatic carbocycles. The number of fused-ring (bicyclic) bond motifs is 2. The number of esters is 1. The molecule has 1 aliphatic heterocycles. The summed E-state index contributed by atoms with van der Waals surface area (Å²) in [4.78, 5) is 12.9. The molecule has 0 spiro atoms. The Morgan fingerprint density at radius 3 is 2.50 bits per heavy atom. The lowest BCUT2D eigenvalue weighted by molar-refractivity contribution is -0.152. The van der Waals surface area contributed by atoms with Gasteiger partial charge in [-0.25, -0.2) is 0 Å². The van der Waals surface area contributed by atoms with Crippen molar-refractivity contribution >= 4 is 11.7 Å². The first kappa shape index (κ1) is 18.1. The zero-order valence-electron chi connectivity index (χ0n) is 15.7. The van der Waals surface area contributed by atoms with Crippen LogP contribution >= 0.6 is 0 Å². The van der Waals surface area contributed by atoms with Crippen LogP contribution in [0.5, 0.6) is 0 Å². The number of hydrogen-bond donors (Lipinski definition) is 0. The number of ether oxygens (including phenoxy) is 2. The maximum Gasteiger partial charge on any atom is 0.314 e. The van der Waals surface area contributed by atoms with Gasteiger partial charge in [-0.3, -0.25) is 4.79 Å². The average Bonchev–Trinajstić information content (AvgIpc) is 2.73. The van der Waals surface area contributed by atoms with Gasteiger partial charge in [-0.1, -0.05) is 73.7 Å². The molecule has 0 aromatic heterocycles. The molecule has 0 N–H and O–H groups in total. The van der Waals surface area contributed by atoms with Gasteiger partial charge in [-0.05, 0) is 18.1 Å². The van der Waals surface area contributed by atoms with E-state index in [4.69, 9.17) is 9.47 Å². The van der Waals surface area contributed by atoms with Crippen LogP contribution in [0.4, 0.5) is 0 Å². The van der Waals surface area contributed by atoms with Gasteiger partial charge in [0.2, 0.25) is 0 Å². The number of nitriles is 1. The summed E-state index contributed by atoms with van der Waals surface area (Å²) in [6.45, 7) is 2.18. The van der Waals surface area contributed by atoms with E-state index < -0.39 is 11.3 Å². The van der Waals surface area contributed by atoms with Crippen molar-refractivity contribution in [1.29, 1.82) is 5.26 Å². The van der Waals surface area contributed by atoms with Gasteiger partial charge < -0.3 is 9.47 Å². The fraction of sp³-hybridized carbons (Fsp3) is 0.250. The Morgan fingerprint density at radius 1 is 1.14 bits per heavy atom. The predicted molar refractivity (Wildman–Crippen MR) is 105 cm³/mol. The van der Waals surface area contributed by atoms with Gasteiger partial charge in [0.05, 0.1) is 17.6 Å². The molecule has 0 radical (unpaired) electrons. The molecule has 2 aliphatic rings. The van der Waals surface area contributed by atoms with E-state index in [2.05, 4.69) is 6.07 Å². The zero-order valence-corrected chi connectivity index (χ0v) is 15.7. The van der Waals surface area contributed by atoms with Crippen LogP contribution in [0.2, 0.25) is 0 Å². The molecule has 0 saturated heterocycles. The van der Waals surface area contributed by atoms with Crippen molar-refractivity contribution in [3.63, 3.8) is 0 Å². The molecule has 28 heavy (non-hydrogen) atoms. The highest BCUT2D eigenvalue weighted by molar-refractivity contribution is 5.80. The molecular weight excluding hydrogens is 350 g/mol. The van der Waals surface area contributed by atoms with Crippen molar-refractivity contribution in [1.82, 2.24) is 0 Å². The molecule has 4 heteroatoms. The third-order valence-electron chi connectivity index (χ3n) is 5.52. The Labute approximate surface area is 164 Å². The third kappa shape index (κ3) is 3.20. The molecular formula is C24H21NO3. The molecule has 1 heterocycles. The van der Waals surface area contributed by atoms with Crippen molar-refractivity contribution in [2.45, 2.75) is 26.1 Å². The van der Waals surface area contributed by atoms with Gasteiger partial charge in [0.1, 0.15) is 18.5 Å². The van der Waals surface area contributed by atoms with E-state index in [9.17, 15) is 10.1 Å². The predicted octanol–water partition coefficient (Wildman–Crippen LogP) is 4.65. The first-order chi connectivity index (χ1) is 13.6. The molecule has 3 unspecified atom stereocenters. The molecule has 4 rings (SSSR count). The fourth-order valence-corrected chi connectivity index (χ4v) is 4.01. The lowest BCUT2D eigenvalue weighted by atomic mass is 9.63. The molecule has 0 fully saturated rings. The Bertz CT molecular complexity index is 972. The van der Waals surface area contributed by atoms with Crippen molar-refractivity contribution in [2.75, 3.05) is 0 Å². The molecule has 140 valence electrons. The van der Waals surface area contributed by atoms with Gasteiger partial charge in [-0.2, -0.15) is 5.26 Å². The van der Waals surface area contributed by atoms with Gasteiger partial charge in [0.15, 0.2) is 0 Å². The normalized spacial score (nSPS) is 25.6. The van der Waals surface area contributed by atoms with Crippen LogP contribution in [0.25, 0.3) is 5.76 Å². The summed E-state index contributed by atoms with van der Waals surface area (Å²) in [5.74, 6) is -0.278. The SMILES string of the molecule is CC12CC(C=CC1C(=O)OCc1ccccc1)OC(c1ccccc1)=C2C#N. The molecule has 2 aromatic carbocycles. The third-order valence-corrected chi connectivity index (χ3v) is 5.52. The second kappa shape index (κ2) is 7.36. The van der Waals surface area contributed by atoms with Crippen LogP contribution in [0.15, 0.2) is 78.4 Å². The van der Waals surface area contributed by atoms with Gasteiger partial charge in [0.25, 0.3) is 0 Å². The van der Waals surface area contributed by atoms with Gasteiger partial charge >= 0.3 is 5.97 Å². The highest BCUT2D eigenvalue weighted by Gasteiger charge is 2.50. The minimum absolute atomic E-state index is 0.157. The maximum atomic E-state index is 12.9. The second-order valence-electron chi connectivity index (χ2n) is 7.42. The molecule has 0 amide bonds. The molecule has 4 nitrogen and oxygen atoms in total. The van der Waals surface area contributed by atoms with Crippen LogP contribution in [-0.4, -0.2) is 12.1 Å². The Morgan fingerprint density at radius 2 is 1.82 bits per heavy atom. The minimum atomic E-state index is -0.661. The fourth-order valence-electron chi connectivity index (χ4n) is 4.01.